The number of ether oxygens (including phenoxy) is 1. The molecule has 0 aromatic heterocycles. The normalized spacial score (nSPS) is 16.1. The SMILES string of the molecule is Cc1ccc(C2(O)CC2)cc1OCc1ccccc1. The second-order valence-electron chi connectivity index (χ2n) is 5.29. The van der Waals surface area contributed by atoms with E-state index >= 15 is 0 Å². The zero-order valence-corrected chi connectivity index (χ0v) is 11.1. The third kappa shape index (κ3) is 2.64. The average Bonchev–Trinajstić information content (AvgIpc) is 3.18. The predicted molar refractivity (Wildman–Crippen MR) is 75.1 cm³/mol. The summed E-state index contributed by atoms with van der Waals surface area (Å²) < 4.78 is 5.88. The Kier molecular flexibility index (Phi) is 3.03. The summed E-state index contributed by atoms with van der Waals surface area (Å²) in [4.78, 5) is 0. The van der Waals surface area contributed by atoms with Gasteiger partial charge in [-0.15, -0.1) is 0 Å². The minimum Gasteiger partial charge on any atom is -0.489 e. The first-order valence-electron chi connectivity index (χ1n) is 6.68. The summed E-state index contributed by atoms with van der Waals surface area (Å²) in [6, 6.07) is 16.1. The van der Waals surface area contributed by atoms with Gasteiger partial charge in [0, 0.05) is 0 Å². The molecule has 0 unspecified atom stereocenters. The molecule has 0 saturated heterocycles. The van der Waals surface area contributed by atoms with Crippen LogP contribution in [0.5, 0.6) is 5.75 Å². The van der Waals surface area contributed by atoms with E-state index in [1.165, 1.54) is 0 Å². The molecule has 0 heterocycles. The highest BCUT2D eigenvalue weighted by molar-refractivity contribution is 5.40. The molecule has 1 fully saturated rings. The number of hydrogen-bond donors (Lipinski definition) is 1. The molecule has 1 saturated carbocycles. The molecule has 0 spiro atoms. The zero-order valence-electron chi connectivity index (χ0n) is 11.1. The lowest BCUT2D eigenvalue weighted by Crippen LogP contribution is -2.05. The first-order chi connectivity index (χ1) is 9.17. The average molecular weight is 254 g/mol. The maximum absolute atomic E-state index is 10.1. The van der Waals surface area contributed by atoms with Crippen LogP contribution in [0.1, 0.15) is 29.5 Å². The van der Waals surface area contributed by atoms with Crippen LogP contribution in [0.4, 0.5) is 0 Å². The molecule has 0 radical (unpaired) electrons. The van der Waals surface area contributed by atoms with Crippen LogP contribution < -0.4 is 4.74 Å². The molecule has 2 nitrogen and oxygen atoms in total. The lowest BCUT2D eigenvalue weighted by atomic mass is 10.1. The van der Waals surface area contributed by atoms with Crippen LogP contribution in [0.15, 0.2) is 48.5 Å². The highest BCUT2D eigenvalue weighted by Crippen LogP contribution is 2.46. The van der Waals surface area contributed by atoms with Crippen molar-refractivity contribution in [3.8, 4) is 5.75 Å². The molecule has 1 N–H and O–H groups in total. The molecule has 3 rings (SSSR count). The molecule has 0 atom stereocenters. The van der Waals surface area contributed by atoms with Gasteiger partial charge in [-0.2, -0.15) is 0 Å². The van der Waals surface area contributed by atoms with Crippen molar-refractivity contribution in [1.82, 2.24) is 0 Å². The standard InChI is InChI=1S/C17H18O2/c1-13-7-8-15(17(18)9-10-17)11-16(13)19-12-14-5-3-2-4-6-14/h2-8,11,18H,9-10,12H2,1H3. The Balaban J connectivity index is 1.77. The quantitative estimate of drug-likeness (QED) is 0.904. The second kappa shape index (κ2) is 4.71. The molecule has 19 heavy (non-hydrogen) atoms. The van der Waals surface area contributed by atoms with Crippen LogP contribution in [-0.4, -0.2) is 5.11 Å². The molecule has 2 heteroatoms. The summed E-state index contributed by atoms with van der Waals surface area (Å²) >= 11 is 0. The molecule has 98 valence electrons. The lowest BCUT2D eigenvalue weighted by Gasteiger charge is -2.14. The predicted octanol–water partition coefficient (Wildman–Crippen LogP) is 3.56. The molecular formula is C17H18O2. The van der Waals surface area contributed by atoms with E-state index in [9.17, 15) is 5.11 Å². The fourth-order valence-corrected chi connectivity index (χ4v) is 2.19. The Morgan fingerprint density at radius 2 is 1.84 bits per heavy atom. The number of rotatable bonds is 4. The summed E-state index contributed by atoms with van der Waals surface area (Å²) in [5.41, 5.74) is 2.63. The van der Waals surface area contributed by atoms with Gasteiger partial charge in [-0.3, -0.25) is 0 Å². The van der Waals surface area contributed by atoms with Crippen LogP contribution in [0, 0.1) is 6.92 Å². The first kappa shape index (κ1) is 12.2. The van der Waals surface area contributed by atoms with E-state index in [4.69, 9.17) is 4.74 Å². The van der Waals surface area contributed by atoms with Crippen LogP contribution in [-0.2, 0) is 12.2 Å². The molecule has 2 aromatic carbocycles. The van der Waals surface area contributed by atoms with Crippen LogP contribution in [0.3, 0.4) is 0 Å². The number of benzene rings is 2. The maximum Gasteiger partial charge on any atom is 0.123 e. The van der Waals surface area contributed by atoms with Crippen molar-refractivity contribution in [1.29, 1.82) is 0 Å². The van der Waals surface area contributed by atoms with Crippen molar-refractivity contribution in [3.05, 3.63) is 65.2 Å². The van der Waals surface area contributed by atoms with Crippen molar-refractivity contribution in [2.24, 2.45) is 0 Å². The van der Waals surface area contributed by atoms with Crippen molar-refractivity contribution < 1.29 is 9.84 Å². The van der Waals surface area contributed by atoms with Gasteiger partial charge in [0.2, 0.25) is 0 Å². The van der Waals surface area contributed by atoms with Crippen LogP contribution in [0.2, 0.25) is 0 Å². The Morgan fingerprint density at radius 3 is 2.53 bits per heavy atom. The topological polar surface area (TPSA) is 29.5 Å². The van der Waals surface area contributed by atoms with Gasteiger partial charge in [0.05, 0.1) is 5.60 Å². The lowest BCUT2D eigenvalue weighted by molar-refractivity contribution is 0.151. The van der Waals surface area contributed by atoms with Gasteiger partial charge >= 0.3 is 0 Å². The minimum atomic E-state index is -0.599. The molecule has 1 aliphatic rings. The smallest absolute Gasteiger partial charge is 0.123 e. The van der Waals surface area contributed by atoms with Gasteiger partial charge in [0.25, 0.3) is 0 Å². The Hall–Kier alpha value is -1.80. The van der Waals surface area contributed by atoms with Gasteiger partial charge in [0.1, 0.15) is 12.4 Å². The monoisotopic (exact) mass is 254 g/mol. The Morgan fingerprint density at radius 1 is 1.11 bits per heavy atom. The van der Waals surface area contributed by atoms with Gasteiger partial charge in [0.15, 0.2) is 0 Å². The van der Waals surface area contributed by atoms with E-state index in [1.807, 2.05) is 55.5 Å². The molecule has 0 amide bonds. The van der Waals surface area contributed by atoms with E-state index in [0.29, 0.717) is 6.61 Å². The molecule has 0 bridgehead atoms. The van der Waals surface area contributed by atoms with Crippen molar-refractivity contribution in [3.63, 3.8) is 0 Å². The Bertz CT molecular complexity index is 571. The van der Waals surface area contributed by atoms with Gasteiger partial charge in [-0.25, -0.2) is 0 Å². The number of hydrogen-bond acceptors (Lipinski definition) is 2. The minimum absolute atomic E-state index is 0.559. The summed E-state index contributed by atoms with van der Waals surface area (Å²) in [6.07, 6.45) is 1.71. The van der Waals surface area contributed by atoms with Gasteiger partial charge in [-0.1, -0.05) is 42.5 Å². The van der Waals surface area contributed by atoms with Crippen molar-refractivity contribution in [2.75, 3.05) is 0 Å². The van der Waals surface area contributed by atoms with E-state index < -0.39 is 5.60 Å². The van der Waals surface area contributed by atoms with Gasteiger partial charge in [-0.05, 0) is 42.5 Å². The summed E-state index contributed by atoms with van der Waals surface area (Å²) in [7, 11) is 0. The third-order valence-corrected chi connectivity index (χ3v) is 3.69. The highest BCUT2D eigenvalue weighted by Gasteiger charge is 2.42. The molecular weight excluding hydrogens is 236 g/mol. The fraction of sp³-hybridized carbons (Fsp3) is 0.294. The van der Waals surface area contributed by atoms with Crippen molar-refractivity contribution >= 4 is 0 Å². The summed E-state index contributed by atoms with van der Waals surface area (Å²) in [5.74, 6) is 0.863. The van der Waals surface area contributed by atoms with E-state index in [1.54, 1.807) is 0 Å². The summed E-state index contributed by atoms with van der Waals surface area (Å²) in [5, 5.41) is 10.1. The maximum atomic E-state index is 10.1. The van der Waals surface area contributed by atoms with Crippen LogP contribution in [0.25, 0.3) is 0 Å². The molecule has 2 aromatic rings. The Labute approximate surface area is 113 Å². The number of aliphatic hydroxyl groups is 1. The summed E-state index contributed by atoms with van der Waals surface area (Å²) in [6.45, 7) is 2.59. The largest absolute Gasteiger partial charge is 0.489 e. The molecule has 1 aliphatic carbocycles. The van der Waals surface area contributed by atoms with Crippen LogP contribution >= 0.6 is 0 Å². The van der Waals surface area contributed by atoms with E-state index in [2.05, 4.69) is 0 Å². The molecule has 0 aliphatic heterocycles. The van der Waals surface area contributed by atoms with E-state index in [-0.39, 0.29) is 0 Å². The third-order valence-electron chi connectivity index (χ3n) is 3.69. The highest BCUT2D eigenvalue weighted by atomic mass is 16.5. The van der Waals surface area contributed by atoms with Gasteiger partial charge < -0.3 is 9.84 Å². The number of aryl methyl sites for hydroxylation is 1. The second-order valence-corrected chi connectivity index (χ2v) is 5.29. The zero-order chi connectivity index (χ0) is 13.3. The fourth-order valence-electron chi connectivity index (χ4n) is 2.19. The van der Waals surface area contributed by atoms with E-state index in [0.717, 1.165) is 35.3 Å². The first-order valence-corrected chi connectivity index (χ1v) is 6.68. The van der Waals surface area contributed by atoms with Crippen molar-refractivity contribution in [2.45, 2.75) is 32.0 Å².